The second-order valence-electron chi connectivity index (χ2n) is 8.46. The molecule has 27 heavy (non-hydrogen) atoms. The molecule has 3 aliphatic rings. The highest BCUT2D eigenvalue weighted by Crippen LogP contribution is 2.36. The van der Waals surface area contributed by atoms with Crippen LogP contribution in [-0.4, -0.2) is 72.6 Å². The normalized spacial score (nSPS) is 24.5. The SMILES string of the molecule is CN(C)c1cc(N(C2CC2)C2CCN(CC3CCCC(=O)N3)CC2)ncn1. The van der Waals surface area contributed by atoms with Gasteiger partial charge in [-0.05, 0) is 38.5 Å². The van der Waals surface area contributed by atoms with Gasteiger partial charge >= 0.3 is 0 Å². The van der Waals surface area contributed by atoms with Gasteiger partial charge in [-0.2, -0.15) is 0 Å². The van der Waals surface area contributed by atoms with Crippen LogP contribution in [-0.2, 0) is 4.79 Å². The predicted octanol–water partition coefficient (Wildman–Crippen LogP) is 1.64. The maximum atomic E-state index is 11.6. The van der Waals surface area contributed by atoms with Gasteiger partial charge in [0.15, 0.2) is 0 Å². The molecule has 148 valence electrons. The van der Waals surface area contributed by atoms with Crippen molar-refractivity contribution in [1.29, 1.82) is 0 Å². The van der Waals surface area contributed by atoms with Gasteiger partial charge in [0.2, 0.25) is 5.91 Å². The van der Waals surface area contributed by atoms with Crippen molar-refractivity contribution in [2.75, 3.05) is 43.5 Å². The Labute approximate surface area is 162 Å². The molecule has 0 radical (unpaired) electrons. The molecule has 1 atom stereocenters. The molecule has 3 fully saturated rings. The number of carbonyl (C=O) groups excluding carboxylic acids is 1. The van der Waals surface area contributed by atoms with Crippen LogP contribution in [0.15, 0.2) is 12.4 Å². The average molecular weight is 373 g/mol. The van der Waals surface area contributed by atoms with Gasteiger partial charge in [0.1, 0.15) is 18.0 Å². The van der Waals surface area contributed by atoms with Crippen molar-refractivity contribution in [1.82, 2.24) is 20.2 Å². The lowest BCUT2D eigenvalue weighted by atomic mass is 9.99. The molecule has 1 unspecified atom stereocenters. The minimum Gasteiger partial charge on any atom is -0.363 e. The molecule has 4 rings (SSSR count). The van der Waals surface area contributed by atoms with Crippen LogP contribution in [0.2, 0.25) is 0 Å². The summed E-state index contributed by atoms with van der Waals surface area (Å²) in [6.45, 7) is 3.21. The van der Waals surface area contributed by atoms with Gasteiger partial charge in [-0.15, -0.1) is 0 Å². The van der Waals surface area contributed by atoms with Crippen LogP contribution < -0.4 is 15.1 Å². The minimum absolute atomic E-state index is 0.224. The topological polar surface area (TPSA) is 64.6 Å². The third-order valence-corrected chi connectivity index (χ3v) is 6.05. The van der Waals surface area contributed by atoms with Crippen LogP contribution in [0.1, 0.15) is 44.9 Å². The van der Waals surface area contributed by atoms with Gasteiger partial charge in [0, 0.05) is 64.3 Å². The quantitative estimate of drug-likeness (QED) is 0.819. The van der Waals surface area contributed by atoms with Gasteiger partial charge in [0.25, 0.3) is 0 Å². The van der Waals surface area contributed by atoms with Crippen molar-refractivity contribution >= 4 is 17.5 Å². The number of piperidine rings is 2. The van der Waals surface area contributed by atoms with Crippen molar-refractivity contribution in [3.8, 4) is 0 Å². The summed E-state index contributed by atoms with van der Waals surface area (Å²) in [5, 5.41) is 3.16. The van der Waals surface area contributed by atoms with Crippen molar-refractivity contribution in [3.05, 3.63) is 12.4 Å². The first-order valence-electron chi connectivity index (χ1n) is 10.4. The largest absolute Gasteiger partial charge is 0.363 e. The van der Waals surface area contributed by atoms with Crippen LogP contribution in [0.4, 0.5) is 11.6 Å². The summed E-state index contributed by atoms with van der Waals surface area (Å²) < 4.78 is 0. The Morgan fingerprint density at radius 2 is 1.78 bits per heavy atom. The molecule has 3 heterocycles. The van der Waals surface area contributed by atoms with Crippen LogP contribution in [0.5, 0.6) is 0 Å². The second-order valence-corrected chi connectivity index (χ2v) is 8.46. The van der Waals surface area contributed by atoms with E-state index in [0.29, 0.717) is 24.5 Å². The van der Waals surface area contributed by atoms with Crippen LogP contribution in [0.3, 0.4) is 0 Å². The first-order chi connectivity index (χ1) is 13.1. The van der Waals surface area contributed by atoms with Crippen LogP contribution in [0.25, 0.3) is 0 Å². The number of aromatic nitrogens is 2. The van der Waals surface area contributed by atoms with Crippen LogP contribution in [0, 0.1) is 0 Å². The van der Waals surface area contributed by atoms with E-state index in [2.05, 4.69) is 31.2 Å². The standard InChI is InChI=1S/C20H32N6O/c1-24(2)18-12-19(22-14-21-18)26(16-6-7-16)17-8-10-25(11-9-17)13-15-4-3-5-20(27)23-15/h12,14-17H,3-11,13H2,1-2H3,(H,23,27). The number of amides is 1. The van der Waals surface area contributed by atoms with Gasteiger partial charge in [-0.3, -0.25) is 4.79 Å². The lowest BCUT2D eigenvalue weighted by Gasteiger charge is -2.40. The van der Waals surface area contributed by atoms with E-state index >= 15 is 0 Å². The molecule has 1 saturated carbocycles. The van der Waals surface area contributed by atoms with Crippen molar-refractivity contribution in [2.45, 2.75) is 63.1 Å². The highest BCUT2D eigenvalue weighted by atomic mass is 16.1. The zero-order chi connectivity index (χ0) is 18.8. The molecule has 7 nitrogen and oxygen atoms in total. The monoisotopic (exact) mass is 372 g/mol. The summed E-state index contributed by atoms with van der Waals surface area (Å²) in [6.07, 6.45) is 9.42. The first kappa shape index (κ1) is 18.5. The van der Waals surface area contributed by atoms with Crippen molar-refractivity contribution in [2.24, 2.45) is 0 Å². The molecule has 2 aliphatic heterocycles. The summed E-state index contributed by atoms with van der Waals surface area (Å²) in [4.78, 5) is 27.7. The van der Waals surface area contributed by atoms with E-state index in [1.54, 1.807) is 6.33 Å². The Bertz CT molecular complexity index is 654. The lowest BCUT2D eigenvalue weighted by Crippen LogP contribution is -2.51. The molecule has 7 heteroatoms. The van der Waals surface area contributed by atoms with Gasteiger partial charge in [0.05, 0.1) is 0 Å². The smallest absolute Gasteiger partial charge is 0.220 e. The highest BCUT2D eigenvalue weighted by molar-refractivity contribution is 5.76. The number of hydrogen-bond donors (Lipinski definition) is 1. The van der Waals surface area contributed by atoms with Gasteiger partial charge < -0.3 is 20.0 Å². The fourth-order valence-electron chi connectivity index (χ4n) is 4.46. The molecule has 2 saturated heterocycles. The van der Waals surface area contributed by atoms with E-state index in [-0.39, 0.29) is 5.91 Å². The van der Waals surface area contributed by atoms with Gasteiger partial charge in [-0.1, -0.05) is 0 Å². The molecule has 0 aromatic carbocycles. The number of anilines is 2. The lowest BCUT2D eigenvalue weighted by molar-refractivity contribution is -0.123. The first-order valence-corrected chi connectivity index (χ1v) is 10.4. The number of likely N-dealkylation sites (tertiary alicyclic amines) is 1. The third kappa shape index (κ3) is 4.51. The fourth-order valence-corrected chi connectivity index (χ4v) is 4.46. The maximum absolute atomic E-state index is 11.6. The third-order valence-electron chi connectivity index (χ3n) is 6.05. The van der Waals surface area contributed by atoms with Crippen molar-refractivity contribution in [3.63, 3.8) is 0 Å². The molecule has 1 N–H and O–H groups in total. The summed E-state index contributed by atoms with van der Waals surface area (Å²) in [7, 11) is 4.05. The summed E-state index contributed by atoms with van der Waals surface area (Å²) >= 11 is 0. The number of nitrogens with one attached hydrogen (secondary N) is 1. The Kier molecular flexibility index (Phi) is 5.48. The number of nitrogens with zero attached hydrogens (tertiary/aromatic N) is 5. The molecule has 0 bridgehead atoms. The molecular weight excluding hydrogens is 340 g/mol. The Hall–Kier alpha value is -1.89. The second kappa shape index (κ2) is 8.00. The Morgan fingerprint density at radius 1 is 1.07 bits per heavy atom. The highest BCUT2D eigenvalue weighted by Gasteiger charge is 2.37. The Balaban J connectivity index is 1.37. The van der Waals surface area contributed by atoms with Gasteiger partial charge in [-0.25, -0.2) is 9.97 Å². The van der Waals surface area contributed by atoms with E-state index < -0.39 is 0 Å². The average Bonchev–Trinajstić information content (AvgIpc) is 3.49. The number of carbonyl (C=O) groups is 1. The van der Waals surface area contributed by atoms with E-state index in [0.717, 1.165) is 44.1 Å². The molecule has 1 aromatic rings. The molecule has 1 aromatic heterocycles. The zero-order valence-corrected chi connectivity index (χ0v) is 16.6. The van der Waals surface area contributed by atoms with E-state index in [9.17, 15) is 4.79 Å². The summed E-state index contributed by atoms with van der Waals surface area (Å²) in [5.41, 5.74) is 0. The van der Waals surface area contributed by atoms with Crippen molar-refractivity contribution < 1.29 is 4.79 Å². The molecular formula is C20H32N6O. The van der Waals surface area contributed by atoms with E-state index in [1.165, 1.54) is 25.7 Å². The number of rotatable bonds is 6. The van der Waals surface area contributed by atoms with E-state index in [1.807, 2.05) is 19.0 Å². The van der Waals surface area contributed by atoms with E-state index in [4.69, 9.17) is 0 Å². The summed E-state index contributed by atoms with van der Waals surface area (Å²) in [5.74, 6) is 2.27. The summed E-state index contributed by atoms with van der Waals surface area (Å²) in [6, 6.07) is 3.66. The molecule has 1 aliphatic carbocycles. The Morgan fingerprint density at radius 3 is 2.44 bits per heavy atom. The van der Waals surface area contributed by atoms with Crippen LogP contribution >= 0.6 is 0 Å². The number of hydrogen-bond acceptors (Lipinski definition) is 6. The minimum atomic E-state index is 0.224. The molecule has 0 spiro atoms. The molecule has 1 amide bonds. The fraction of sp³-hybridized carbons (Fsp3) is 0.750. The zero-order valence-electron chi connectivity index (χ0n) is 16.6. The predicted molar refractivity (Wildman–Crippen MR) is 107 cm³/mol. The maximum Gasteiger partial charge on any atom is 0.220 e.